The molecule has 0 aliphatic rings. The minimum absolute atomic E-state index is 0.502. The second-order valence-corrected chi connectivity index (χ2v) is 4.23. The largest absolute Gasteiger partial charge is 0.213 e. The van der Waals surface area contributed by atoms with Gasteiger partial charge in [0.25, 0.3) is 0 Å². The lowest BCUT2D eigenvalue weighted by Gasteiger charge is -1.89. The van der Waals surface area contributed by atoms with E-state index in [-0.39, 0.29) is 0 Å². The first kappa shape index (κ1) is 10.3. The minimum Gasteiger partial charge on any atom is -0.213 e. The Morgan fingerprint density at radius 3 is 3.15 bits per heavy atom. The second-order valence-electron chi connectivity index (χ2n) is 2.13. The lowest BCUT2D eigenvalue weighted by molar-refractivity contribution is 0.971. The number of azide groups is 1. The van der Waals surface area contributed by atoms with Crippen LogP contribution in [0.2, 0.25) is 0 Å². The van der Waals surface area contributed by atoms with Crippen molar-refractivity contribution in [3.63, 3.8) is 0 Å². The Bertz CT molecular complexity index is 304. The van der Waals surface area contributed by atoms with Crippen molar-refractivity contribution in [3.05, 3.63) is 16.3 Å². The zero-order chi connectivity index (χ0) is 9.52. The van der Waals surface area contributed by atoms with Crippen LogP contribution in [0.1, 0.15) is 12.7 Å². The van der Waals surface area contributed by atoms with Crippen LogP contribution in [-0.4, -0.2) is 21.7 Å². The van der Waals surface area contributed by atoms with Gasteiger partial charge in [0.15, 0.2) is 4.34 Å². The predicted octanol–water partition coefficient (Wildman–Crippen LogP) is 2.50. The van der Waals surface area contributed by atoms with Crippen molar-refractivity contribution in [1.82, 2.24) is 9.36 Å². The van der Waals surface area contributed by atoms with Crippen LogP contribution in [0.4, 0.5) is 0 Å². The van der Waals surface area contributed by atoms with Crippen molar-refractivity contribution >= 4 is 23.3 Å². The normalized spacial score (nSPS) is 9.62. The highest BCUT2D eigenvalue weighted by atomic mass is 32.2. The molecule has 0 unspecified atom stereocenters. The van der Waals surface area contributed by atoms with E-state index in [2.05, 4.69) is 19.4 Å². The molecular weight excluding hydrogens is 206 g/mol. The minimum atomic E-state index is 0.502. The highest BCUT2D eigenvalue weighted by Gasteiger charge is 2.01. The number of thioether (sulfide) groups is 1. The summed E-state index contributed by atoms with van der Waals surface area (Å²) in [6.45, 7) is 2.53. The van der Waals surface area contributed by atoms with Gasteiger partial charge in [-0.2, -0.15) is 4.37 Å². The van der Waals surface area contributed by atoms with Gasteiger partial charge in [-0.05, 0) is 17.1 Å². The molecule has 0 radical (unpaired) electrons. The molecule has 1 rings (SSSR count). The molecule has 0 saturated carbocycles. The molecule has 1 heterocycles. The lowest BCUT2D eigenvalue weighted by Crippen LogP contribution is -1.84. The second kappa shape index (κ2) is 5.80. The molecule has 0 aliphatic heterocycles. The van der Waals surface area contributed by atoms with Crippen molar-refractivity contribution in [2.75, 3.05) is 12.3 Å². The Balaban J connectivity index is 2.32. The summed E-state index contributed by atoms with van der Waals surface area (Å²) in [5, 5.41) is 3.43. The molecule has 0 amide bonds. The third-order valence-electron chi connectivity index (χ3n) is 1.25. The molecule has 0 fully saturated rings. The van der Waals surface area contributed by atoms with Crippen LogP contribution in [0.3, 0.4) is 0 Å². The van der Waals surface area contributed by atoms with Crippen molar-refractivity contribution < 1.29 is 0 Å². The molecule has 0 aliphatic carbocycles. The van der Waals surface area contributed by atoms with Crippen LogP contribution in [0, 0.1) is 0 Å². The molecule has 1 aromatic rings. The molecule has 5 nitrogen and oxygen atoms in total. The number of aryl methyl sites for hydroxylation is 1. The number of hydrogen-bond donors (Lipinski definition) is 0. The van der Waals surface area contributed by atoms with E-state index in [0.717, 1.165) is 22.3 Å². The van der Waals surface area contributed by atoms with Crippen LogP contribution in [0.25, 0.3) is 10.4 Å². The zero-order valence-electron chi connectivity index (χ0n) is 7.17. The van der Waals surface area contributed by atoms with Gasteiger partial charge in [-0.25, -0.2) is 4.98 Å². The van der Waals surface area contributed by atoms with Gasteiger partial charge >= 0.3 is 0 Å². The van der Waals surface area contributed by atoms with Crippen molar-refractivity contribution in [1.29, 1.82) is 0 Å². The average molecular weight is 215 g/mol. The zero-order valence-corrected chi connectivity index (χ0v) is 8.81. The fourth-order valence-corrected chi connectivity index (χ4v) is 2.25. The quantitative estimate of drug-likeness (QED) is 0.249. The van der Waals surface area contributed by atoms with Crippen LogP contribution >= 0.6 is 23.3 Å². The van der Waals surface area contributed by atoms with Crippen molar-refractivity contribution in [2.45, 2.75) is 17.7 Å². The van der Waals surface area contributed by atoms with Gasteiger partial charge in [-0.1, -0.05) is 23.8 Å². The lowest BCUT2D eigenvalue weighted by atomic mass is 10.5. The average Bonchev–Trinajstić information content (AvgIpc) is 2.60. The summed E-state index contributed by atoms with van der Waals surface area (Å²) in [7, 11) is 0. The van der Waals surface area contributed by atoms with Crippen LogP contribution in [0.5, 0.6) is 0 Å². The summed E-state index contributed by atoms with van der Waals surface area (Å²) < 4.78 is 5.09. The first-order valence-electron chi connectivity index (χ1n) is 3.83. The van der Waals surface area contributed by atoms with Gasteiger partial charge in [0.2, 0.25) is 0 Å². The first-order chi connectivity index (χ1) is 6.36. The van der Waals surface area contributed by atoms with Gasteiger partial charge in [-0.15, -0.1) is 0 Å². The van der Waals surface area contributed by atoms with E-state index in [1.807, 2.05) is 6.92 Å². The predicted molar refractivity (Wildman–Crippen MR) is 54.0 cm³/mol. The topological polar surface area (TPSA) is 74.5 Å². The monoisotopic (exact) mass is 215 g/mol. The standard InChI is InChI=1S/C6H9N5S2/c1-2-5-9-6(13-10-5)12-4-3-8-11-7/h2-4H2,1H3. The van der Waals surface area contributed by atoms with E-state index in [1.165, 1.54) is 11.5 Å². The molecule has 1 aromatic heterocycles. The highest BCUT2D eigenvalue weighted by molar-refractivity contribution is 8.00. The van der Waals surface area contributed by atoms with E-state index in [0.29, 0.717) is 6.54 Å². The smallest absolute Gasteiger partial charge is 0.170 e. The summed E-state index contributed by atoms with van der Waals surface area (Å²) in [5.41, 5.74) is 8.03. The van der Waals surface area contributed by atoms with Crippen LogP contribution in [0.15, 0.2) is 9.45 Å². The third-order valence-corrected chi connectivity index (χ3v) is 3.10. The fraction of sp³-hybridized carbons (Fsp3) is 0.667. The van der Waals surface area contributed by atoms with E-state index in [4.69, 9.17) is 5.53 Å². The van der Waals surface area contributed by atoms with Gasteiger partial charge in [0.05, 0.1) is 0 Å². The summed E-state index contributed by atoms with van der Waals surface area (Å²) in [5.74, 6) is 1.65. The van der Waals surface area contributed by atoms with Gasteiger partial charge in [0, 0.05) is 23.6 Å². The van der Waals surface area contributed by atoms with E-state index >= 15 is 0 Å². The maximum absolute atomic E-state index is 8.03. The van der Waals surface area contributed by atoms with E-state index < -0.39 is 0 Å². The summed E-state index contributed by atoms with van der Waals surface area (Å²) in [4.78, 5) is 6.93. The van der Waals surface area contributed by atoms with Gasteiger partial charge in [-0.3, -0.25) is 0 Å². The van der Waals surface area contributed by atoms with Crippen molar-refractivity contribution in [3.8, 4) is 0 Å². The Morgan fingerprint density at radius 1 is 1.69 bits per heavy atom. The summed E-state index contributed by atoms with van der Waals surface area (Å²) >= 11 is 2.98. The maximum Gasteiger partial charge on any atom is 0.170 e. The molecule has 0 bridgehead atoms. The SMILES string of the molecule is CCc1nsc(SCCN=[N+]=[N-])n1. The molecule has 13 heavy (non-hydrogen) atoms. The Kier molecular flexibility index (Phi) is 4.59. The molecule has 7 heteroatoms. The molecule has 0 saturated heterocycles. The molecule has 0 spiro atoms. The molecule has 70 valence electrons. The fourth-order valence-electron chi connectivity index (χ4n) is 0.659. The number of rotatable bonds is 5. The van der Waals surface area contributed by atoms with Gasteiger partial charge < -0.3 is 0 Å². The first-order valence-corrected chi connectivity index (χ1v) is 5.59. The third kappa shape index (κ3) is 3.63. The molecule has 0 N–H and O–H groups in total. The summed E-state index contributed by atoms with van der Waals surface area (Å²) in [6, 6.07) is 0. The number of nitrogens with zero attached hydrogens (tertiary/aromatic N) is 5. The Hall–Kier alpha value is -0.780. The highest BCUT2D eigenvalue weighted by Crippen LogP contribution is 2.19. The Labute approximate surface area is 84.4 Å². The molecule has 0 atom stereocenters. The van der Waals surface area contributed by atoms with E-state index in [1.54, 1.807) is 11.8 Å². The van der Waals surface area contributed by atoms with Crippen LogP contribution < -0.4 is 0 Å². The number of aromatic nitrogens is 2. The van der Waals surface area contributed by atoms with Crippen LogP contribution in [-0.2, 0) is 6.42 Å². The summed E-state index contributed by atoms with van der Waals surface area (Å²) in [6.07, 6.45) is 0.868. The Morgan fingerprint density at radius 2 is 2.54 bits per heavy atom. The molecular formula is C6H9N5S2. The van der Waals surface area contributed by atoms with Crippen molar-refractivity contribution in [2.24, 2.45) is 5.11 Å². The maximum atomic E-state index is 8.03. The van der Waals surface area contributed by atoms with E-state index in [9.17, 15) is 0 Å². The molecule has 0 aromatic carbocycles. The van der Waals surface area contributed by atoms with Gasteiger partial charge in [0.1, 0.15) is 5.82 Å². The number of hydrogen-bond acceptors (Lipinski definition) is 5.